The highest BCUT2D eigenvalue weighted by Gasteiger charge is 2.30. The number of likely N-dealkylation sites (tertiary alicyclic amines) is 1. The summed E-state index contributed by atoms with van der Waals surface area (Å²) in [6.07, 6.45) is -0.323. The average molecular weight is 259 g/mol. The monoisotopic (exact) mass is 259 g/mol. The Labute approximate surface area is 104 Å². The van der Waals surface area contributed by atoms with Gasteiger partial charge < -0.3 is 4.74 Å². The number of esters is 1. The number of ether oxygens (including phenoxy) is 1. The largest absolute Gasteiger partial charge is 0.464 e. The highest BCUT2D eigenvalue weighted by Crippen LogP contribution is 2.08. The molecular weight excluding hydrogens is 246 g/mol. The van der Waals surface area contributed by atoms with Crippen molar-refractivity contribution in [2.24, 2.45) is 0 Å². The number of rotatable bonds is 5. The van der Waals surface area contributed by atoms with E-state index in [1.54, 1.807) is 0 Å². The summed E-state index contributed by atoms with van der Waals surface area (Å²) in [6.45, 7) is -0.0401. The standard InChI is InChI=1S/C10H13NO5S/c12-7-5-8(13)11(9(14)6-7)2-3-16-10(15)1-4-17/h17H,1-6H2. The van der Waals surface area contributed by atoms with Gasteiger partial charge in [0.1, 0.15) is 6.61 Å². The van der Waals surface area contributed by atoms with Gasteiger partial charge in [0.2, 0.25) is 11.8 Å². The molecule has 1 heterocycles. The van der Waals surface area contributed by atoms with Crippen molar-refractivity contribution < 1.29 is 23.9 Å². The molecule has 94 valence electrons. The second kappa shape index (κ2) is 6.39. The van der Waals surface area contributed by atoms with Gasteiger partial charge in [0.15, 0.2) is 5.78 Å². The molecule has 1 saturated heterocycles. The van der Waals surface area contributed by atoms with Crippen LogP contribution in [0.15, 0.2) is 0 Å². The van der Waals surface area contributed by atoms with Crippen molar-refractivity contribution >= 4 is 36.2 Å². The molecule has 17 heavy (non-hydrogen) atoms. The van der Waals surface area contributed by atoms with Crippen LogP contribution in [0.25, 0.3) is 0 Å². The van der Waals surface area contributed by atoms with Crippen LogP contribution >= 0.6 is 12.6 Å². The fourth-order valence-corrected chi connectivity index (χ4v) is 1.58. The zero-order valence-corrected chi connectivity index (χ0v) is 10.1. The number of imide groups is 1. The minimum Gasteiger partial charge on any atom is -0.464 e. The number of piperidine rings is 1. The number of hydrogen-bond acceptors (Lipinski definition) is 6. The van der Waals surface area contributed by atoms with Crippen molar-refractivity contribution in [2.75, 3.05) is 18.9 Å². The van der Waals surface area contributed by atoms with Gasteiger partial charge in [-0.25, -0.2) is 0 Å². The fraction of sp³-hybridized carbons (Fsp3) is 0.600. The molecule has 0 saturated carbocycles. The first-order chi connectivity index (χ1) is 8.04. The maximum Gasteiger partial charge on any atom is 0.306 e. The van der Waals surface area contributed by atoms with Crippen molar-refractivity contribution in [1.82, 2.24) is 4.90 Å². The van der Waals surface area contributed by atoms with Crippen LogP contribution in [0.1, 0.15) is 19.3 Å². The predicted molar refractivity (Wildman–Crippen MR) is 60.4 cm³/mol. The third-order valence-electron chi connectivity index (χ3n) is 2.19. The van der Waals surface area contributed by atoms with Crippen molar-refractivity contribution in [3.05, 3.63) is 0 Å². The van der Waals surface area contributed by atoms with Crippen LogP contribution < -0.4 is 0 Å². The minimum atomic E-state index is -0.531. The highest BCUT2D eigenvalue weighted by atomic mass is 32.1. The second-order valence-electron chi connectivity index (χ2n) is 3.53. The summed E-state index contributed by atoms with van der Waals surface area (Å²) < 4.78 is 4.79. The lowest BCUT2D eigenvalue weighted by Gasteiger charge is -2.23. The highest BCUT2D eigenvalue weighted by molar-refractivity contribution is 7.80. The fourth-order valence-electron chi connectivity index (χ4n) is 1.39. The van der Waals surface area contributed by atoms with Crippen LogP contribution in [0.2, 0.25) is 0 Å². The molecule has 1 aliphatic rings. The summed E-state index contributed by atoms with van der Waals surface area (Å²) in [5.74, 6) is -1.47. The molecule has 0 spiro atoms. The topological polar surface area (TPSA) is 80.8 Å². The molecule has 0 radical (unpaired) electrons. The molecule has 0 aromatic carbocycles. The van der Waals surface area contributed by atoms with Gasteiger partial charge >= 0.3 is 5.97 Å². The SMILES string of the molecule is O=C1CC(=O)N(CCOC(=O)CCS)C(=O)C1. The average Bonchev–Trinajstić information content (AvgIpc) is 2.22. The molecule has 6 nitrogen and oxygen atoms in total. The molecule has 1 rings (SSSR count). The molecule has 1 fully saturated rings. The Bertz CT molecular complexity index is 335. The number of carbonyl (C=O) groups is 4. The Hall–Kier alpha value is -1.37. The third-order valence-corrected chi connectivity index (χ3v) is 2.42. The predicted octanol–water partition coefficient (Wildman–Crippen LogP) is -0.432. The zero-order valence-electron chi connectivity index (χ0n) is 9.18. The Morgan fingerprint density at radius 2 is 1.82 bits per heavy atom. The van der Waals surface area contributed by atoms with E-state index in [0.717, 1.165) is 4.90 Å². The molecule has 0 N–H and O–H groups in total. The van der Waals surface area contributed by atoms with E-state index in [9.17, 15) is 19.2 Å². The summed E-state index contributed by atoms with van der Waals surface area (Å²) in [5.41, 5.74) is 0. The molecule has 0 aromatic heterocycles. The van der Waals surface area contributed by atoms with Gasteiger partial charge in [-0.15, -0.1) is 0 Å². The first-order valence-electron chi connectivity index (χ1n) is 5.16. The van der Waals surface area contributed by atoms with E-state index < -0.39 is 17.8 Å². The van der Waals surface area contributed by atoms with Crippen molar-refractivity contribution in [3.8, 4) is 0 Å². The molecule has 0 unspecified atom stereocenters. The Morgan fingerprint density at radius 3 is 2.35 bits per heavy atom. The van der Waals surface area contributed by atoms with E-state index in [0.29, 0.717) is 5.75 Å². The number of amides is 2. The summed E-state index contributed by atoms with van der Waals surface area (Å²) in [4.78, 5) is 45.6. The number of nitrogens with zero attached hydrogens (tertiary/aromatic N) is 1. The van der Waals surface area contributed by atoms with Crippen LogP contribution in [0.3, 0.4) is 0 Å². The Balaban J connectivity index is 2.36. The molecule has 0 bridgehead atoms. The van der Waals surface area contributed by atoms with E-state index in [1.807, 2.05) is 0 Å². The van der Waals surface area contributed by atoms with Gasteiger partial charge in [0.05, 0.1) is 25.8 Å². The van der Waals surface area contributed by atoms with E-state index >= 15 is 0 Å². The smallest absolute Gasteiger partial charge is 0.306 e. The maximum absolute atomic E-state index is 11.3. The zero-order chi connectivity index (χ0) is 12.8. The summed E-state index contributed by atoms with van der Waals surface area (Å²) in [5, 5.41) is 0. The summed E-state index contributed by atoms with van der Waals surface area (Å²) in [6, 6.07) is 0. The van der Waals surface area contributed by atoms with Crippen LogP contribution in [0.4, 0.5) is 0 Å². The van der Waals surface area contributed by atoms with E-state index in [-0.39, 0.29) is 38.2 Å². The van der Waals surface area contributed by atoms with Crippen LogP contribution in [-0.2, 0) is 23.9 Å². The molecule has 0 aromatic rings. The molecule has 2 amide bonds. The molecule has 1 aliphatic heterocycles. The lowest BCUT2D eigenvalue weighted by Crippen LogP contribution is -2.45. The normalized spacial score (nSPS) is 16.3. The minimum absolute atomic E-state index is 0.00323. The molecule has 0 aliphatic carbocycles. The third kappa shape index (κ3) is 4.18. The number of Topliss-reactive ketones (excluding diaryl/α,β-unsaturated/α-hetero) is 1. The number of hydrogen-bond donors (Lipinski definition) is 1. The van der Waals surface area contributed by atoms with Crippen LogP contribution in [0, 0.1) is 0 Å². The van der Waals surface area contributed by atoms with E-state index in [1.165, 1.54) is 0 Å². The van der Waals surface area contributed by atoms with Crippen molar-refractivity contribution in [1.29, 1.82) is 0 Å². The quantitative estimate of drug-likeness (QED) is 0.313. The lowest BCUT2D eigenvalue weighted by atomic mass is 10.1. The molecule has 7 heteroatoms. The van der Waals surface area contributed by atoms with Crippen molar-refractivity contribution in [2.45, 2.75) is 19.3 Å². The number of thiol groups is 1. The maximum atomic E-state index is 11.3. The first kappa shape index (κ1) is 13.7. The van der Waals surface area contributed by atoms with E-state index in [2.05, 4.69) is 12.6 Å². The van der Waals surface area contributed by atoms with Gasteiger partial charge in [-0.2, -0.15) is 12.6 Å². The Kier molecular flexibility index (Phi) is 5.14. The number of ketones is 1. The first-order valence-corrected chi connectivity index (χ1v) is 5.79. The molecular formula is C10H13NO5S. The molecule has 0 atom stereocenters. The van der Waals surface area contributed by atoms with Crippen LogP contribution in [0.5, 0.6) is 0 Å². The van der Waals surface area contributed by atoms with Gasteiger partial charge in [-0.1, -0.05) is 0 Å². The number of carbonyl (C=O) groups excluding carboxylic acids is 4. The van der Waals surface area contributed by atoms with Crippen LogP contribution in [-0.4, -0.2) is 47.4 Å². The van der Waals surface area contributed by atoms with Gasteiger partial charge in [-0.05, 0) is 0 Å². The van der Waals surface area contributed by atoms with Crippen molar-refractivity contribution in [3.63, 3.8) is 0 Å². The Morgan fingerprint density at radius 1 is 1.24 bits per heavy atom. The summed E-state index contributed by atoms with van der Waals surface area (Å²) in [7, 11) is 0. The van der Waals surface area contributed by atoms with Gasteiger partial charge in [0, 0.05) is 5.75 Å². The van der Waals surface area contributed by atoms with Gasteiger partial charge in [-0.3, -0.25) is 24.1 Å². The lowest BCUT2D eigenvalue weighted by molar-refractivity contribution is -0.155. The second-order valence-corrected chi connectivity index (χ2v) is 3.97. The summed E-state index contributed by atoms with van der Waals surface area (Å²) >= 11 is 3.87. The van der Waals surface area contributed by atoms with E-state index in [4.69, 9.17) is 4.74 Å². The van der Waals surface area contributed by atoms with Gasteiger partial charge in [0.25, 0.3) is 0 Å².